The molecule has 0 N–H and O–H groups in total. The quantitative estimate of drug-likeness (QED) is 0.682. The maximum Gasteiger partial charge on any atom is 0.155 e. The lowest BCUT2D eigenvalue weighted by Gasteiger charge is -1.88. The Morgan fingerprint density at radius 2 is 2.36 bits per heavy atom. The number of aromatic nitrogens is 2. The van der Waals surface area contributed by atoms with E-state index in [1.165, 1.54) is 4.09 Å². The van der Waals surface area contributed by atoms with Crippen molar-refractivity contribution in [3.8, 4) is 0 Å². The van der Waals surface area contributed by atoms with Crippen LogP contribution < -0.4 is 0 Å². The number of fused-ring (bicyclic) bond motifs is 1. The number of rotatable bonds is 0. The van der Waals surface area contributed by atoms with Crippen LogP contribution in [-0.4, -0.2) is 9.07 Å². The molecule has 2 heterocycles. The molecular weight excluding hydrogens is 227 g/mol. The van der Waals surface area contributed by atoms with Crippen molar-refractivity contribution in [1.29, 1.82) is 0 Å². The molecule has 2 rings (SSSR count). The summed E-state index contributed by atoms with van der Waals surface area (Å²) in [5, 5.41) is 1.03. The SMILES string of the molecule is Cln1cc(Br)c2cccnc21. The van der Waals surface area contributed by atoms with Crippen LogP contribution >= 0.6 is 27.7 Å². The van der Waals surface area contributed by atoms with Crippen LogP contribution in [0.1, 0.15) is 0 Å². The highest BCUT2D eigenvalue weighted by Gasteiger charge is 2.03. The van der Waals surface area contributed by atoms with Crippen LogP contribution in [0.15, 0.2) is 29.0 Å². The molecule has 2 aromatic rings. The maximum atomic E-state index is 5.80. The van der Waals surface area contributed by atoms with Crippen molar-refractivity contribution in [3.05, 3.63) is 29.0 Å². The lowest BCUT2D eigenvalue weighted by molar-refractivity contribution is 1.24. The van der Waals surface area contributed by atoms with Gasteiger partial charge in [0.15, 0.2) is 5.65 Å². The van der Waals surface area contributed by atoms with Gasteiger partial charge in [-0.3, -0.25) is 0 Å². The highest BCUT2D eigenvalue weighted by Crippen LogP contribution is 2.24. The molecule has 0 aliphatic carbocycles. The number of pyridine rings is 1. The fraction of sp³-hybridized carbons (Fsp3) is 0. The Bertz CT molecular complexity index is 360. The Morgan fingerprint density at radius 3 is 3.09 bits per heavy atom. The lowest BCUT2D eigenvalue weighted by atomic mass is 10.3. The zero-order valence-electron chi connectivity index (χ0n) is 5.46. The van der Waals surface area contributed by atoms with E-state index in [9.17, 15) is 0 Å². The molecule has 0 atom stereocenters. The molecule has 0 aliphatic rings. The first kappa shape index (κ1) is 7.13. The van der Waals surface area contributed by atoms with E-state index in [4.69, 9.17) is 11.8 Å². The lowest BCUT2D eigenvalue weighted by Crippen LogP contribution is -1.78. The molecule has 2 nitrogen and oxygen atoms in total. The molecule has 0 aliphatic heterocycles. The van der Waals surface area contributed by atoms with E-state index in [-0.39, 0.29) is 0 Å². The standard InChI is InChI=1S/C7H4BrClN2/c8-6-4-11(9)7-5(6)2-1-3-10-7/h1-4H. The molecule has 0 bridgehead atoms. The third kappa shape index (κ3) is 1.04. The summed E-state index contributed by atoms with van der Waals surface area (Å²) >= 11 is 9.17. The van der Waals surface area contributed by atoms with Crippen LogP contribution in [0.4, 0.5) is 0 Å². The summed E-state index contributed by atoms with van der Waals surface area (Å²) in [7, 11) is 0. The molecule has 0 spiro atoms. The molecule has 11 heavy (non-hydrogen) atoms. The van der Waals surface area contributed by atoms with Crippen LogP contribution in [0.2, 0.25) is 0 Å². The Kier molecular flexibility index (Phi) is 1.62. The second-order valence-corrected chi connectivity index (χ2v) is 3.38. The predicted molar refractivity (Wildman–Crippen MR) is 48.7 cm³/mol. The molecule has 2 aromatic heterocycles. The van der Waals surface area contributed by atoms with Crippen molar-refractivity contribution in [3.63, 3.8) is 0 Å². The van der Waals surface area contributed by atoms with Crippen LogP contribution in [0.5, 0.6) is 0 Å². The summed E-state index contributed by atoms with van der Waals surface area (Å²) in [6.45, 7) is 0. The summed E-state index contributed by atoms with van der Waals surface area (Å²) < 4.78 is 2.44. The predicted octanol–water partition coefficient (Wildman–Crippen LogP) is 2.80. The van der Waals surface area contributed by atoms with Crippen LogP contribution in [0.3, 0.4) is 0 Å². The highest BCUT2D eigenvalue weighted by atomic mass is 79.9. The van der Waals surface area contributed by atoms with Gasteiger partial charge in [0, 0.05) is 34.0 Å². The minimum absolute atomic E-state index is 0.779. The minimum Gasteiger partial charge on any atom is -0.242 e. The van der Waals surface area contributed by atoms with Gasteiger partial charge in [0.2, 0.25) is 0 Å². The van der Waals surface area contributed by atoms with E-state index in [0.29, 0.717) is 0 Å². The van der Waals surface area contributed by atoms with Gasteiger partial charge in [-0.25, -0.2) is 9.07 Å². The molecule has 0 aromatic carbocycles. The zero-order valence-corrected chi connectivity index (χ0v) is 7.80. The first-order valence-corrected chi connectivity index (χ1v) is 4.20. The summed E-state index contributed by atoms with van der Waals surface area (Å²) in [6, 6.07) is 3.84. The Labute approximate surface area is 77.0 Å². The van der Waals surface area contributed by atoms with E-state index in [1.807, 2.05) is 12.1 Å². The van der Waals surface area contributed by atoms with Gasteiger partial charge in [-0.1, -0.05) is 0 Å². The van der Waals surface area contributed by atoms with Gasteiger partial charge in [-0.15, -0.1) is 0 Å². The van der Waals surface area contributed by atoms with Gasteiger partial charge < -0.3 is 0 Å². The molecule has 0 saturated heterocycles. The van der Waals surface area contributed by atoms with Crippen molar-refractivity contribution in [2.75, 3.05) is 0 Å². The maximum absolute atomic E-state index is 5.80. The second kappa shape index (κ2) is 2.50. The first-order chi connectivity index (χ1) is 5.29. The number of halogens is 2. The summed E-state index contributed by atoms with van der Waals surface area (Å²) in [4.78, 5) is 4.10. The van der Waals surface area contributed by atoms with Crippen molar-refractivity contribution >= 4 is 38.7 Å². The normalized spacial score (nSPS) is 10.7. The van der Waals surface area contributed by atoms with E-state index in [0.717, 1.165) is 15.5 Å². The number of nitrogens with zero attached hydrogens (tertiary/aromatic N) is 2. The van der Waals surface area contributed by atoms with E-state index >= 15 is 0 Å². The van der Waals surface area contributed by atoms with Gasteiger partial charge in [-0.05, 0) is 28.1 Å². The third-order valence-electron chi connectivity index (χ3n) is 1.47. The van der Waals surface area contributed by atoms with Gasteiger partial charge in [0.1, 0.15) is 0 Å². The number of hydrogen-bond donors (Lipinski definition) is 0. The molecule has 0 amide bonds. The number of hydrogen-bond acceptors (Lipinski definition) is 1. The zero-order chi connectivity index (χ0) is 7.84. The molecular formula is C7H4BrClN2. The third-order valence-corrected chi connectivity index (χ3v) is 2.36. The van der Waals surface area contributed by atoms with Crippen molar-refractivity contribution in [2.45, 2.75) is 0 Å². The van der Waals surface area contributed by atoms with Crippen LogP contribution in [-0.2, 0) is 0 Å². The largest absolute Gasteiger partial charge is 0.242 e. The monoisotopic (exact) mass is 230 g/mol. The van der Waals surface area contributed by atoms with E-state index < -0.39 is 0 Å². The summed E-state index contributed by atoms with van der Waals surface area (Å²) in [6.07, 6.45) is 3.49. The van der Waals surface area contributed by atoms with Gasteiger partial charge in [0.25, 0.3) is 0 Å². The fourth-order valence-corrected chi connectivity index (χ4v) is 1.85. The molecule has 4 heteroatoms. The van der Waals surface area contributed by atoms with Crippen molar-refractivity contribution < 1.29 is 0 Å². The topological polar surface area (TPSA) is 17.8 Å². The molecule has 0 fully saturated rings. The molecule has 0 radical (unpaired) electrons. The van der Waals surface area contributed by atoms with Gasteiger partial charge in [0.05, 0.1) is 0 Å². The van der Waals surface area contributed by atoms with Crippen LogP contribution in [0.25, 0.3) is 11.0 Å². The molecule has 0 unspecified atom stereocenters. The van der Waals surface area contributed by atoms with E-state index in [1.54, 1.807) is 12.4 Å². The Morgan fingerprint density at radius 1 is 1.55 bits per heavy atom. The Hall–Kier alpha value is -0.540. The van der Waals surface area contributed by atoms with Gasteiger partial charge >= 0.3 is 0 Å². The second-order valence-electron chi connectivity index (χ2n) is 2.16. The highest BCUT2D eigenvalue weighted by molar-refractivity contribution is 9.10. The van der Waals surface area contributed by atoms with Crippen LogP contribution in [0, 0.1) is 0 Å². The van der Waals surface area contributed by atoms with Gasteiger partial charge in [-0.2, -0.15) is 0 Å². The van der Waals surface area contributed by atoms with Crippen molar-refractivity contribution in [1.82, 2.24) is 9.07 Å². The van der Waals surface area contributed by atoms with E-state index in [2.05, 4.69) is 20.9 Å². The summed E-state index contributed by atoms with van der Waals surface area (Å²) in [5.74, 6) is 0. The average molecular weight is 231 g/mol. The smallest absolute Gasteiger partial charge is 0.155 e. The van der Waals surface area contributed by atoms with Crippen molar-refractivity contribution in [2.24, 2.45) is 0 Å². The first-order valence-electron chi connectivity index (χ1n) is 3.07. The summed E-state index contributed by atoms with van der Waals surface area (Å²) in [5.41, 5.74) is 0.779. The minimum atomic E-state index is 0.779. The average Bonchev–Trinajstić information content (AvgIpc) is 2.30. The Balaban J connectivity index is 2.95. The fourth-order valence-electron chi connectivity index (χ4n) is 0.984. The molecule has 56 valence electrons. The molecule has 0 saturated carbocycles.